The summed E-state index contributed by atoms with van der Waals surface area (Å²) in [5, 5.41) is 0.413. The van der Waals surface area contributed by atoms with E-state index in [1.54, 1.807) is 0 Å². The lowest BCUT2D eigenvalue weighted by Crippen LogP contribution is -2.31. The Balaban J connectivity index is 2.07. The first-order valence-corrected chi connectivity index (χ1v) is 8.80. The van der Waals surface area contributed by atoms with Gasteiger partial charge in [-0.05, 0) is 46.1 Å². The van der Waals surface area contributed by atoms with Gasteiger partial charge in [-0.3, -0.25) is 9.59 Å². The number of anilines is 1. The molecule has 2 amide bonds. The third-order valence-corrected chi connectivity index (χ3v) is 6.49. The molecule has 2 atom stereocenters. The first-order valence-electron chi connectivity index (χ1n) is 7.99. The molecule has 0 aromatic carbocycles. The van der Waals surface area contributed by atoms with Gasteiger partial charge in [-0.1, -0.05) is 11.1 Å². The van der Waals surface area contributed by atoms with Gasteiger partial charge in [0.05, 0.1) is 24.5 Å². The van der Waals surface area contributed by atoms with Gasteiger partial charge < -0.3 is 4.74 Å². The van der Waals surface area contributed by atoms with E-state index in [0.29, 0.717) is 23.4 Å². The van der Waals surface area contributed by atoms with E-state index < -0.39 is 5.97 Å². The summed E-state index contributed by atoms with van der Waals surface area (Å²) in [6.45, 7) is 7.73. The minimum Gasteiger partial charge on any atom is -0.465 e. The quantitative estimate of drug-likeness (QED) is 0.467. The van der Waals surface area contributed by atoms with Crippen LogP contribution in [0.1, 0.15) is 47.5 Å². The zero-order valence-electron chi connectivity index (χ0n) is 14.6. The van der Waals surface area contributed by atoms with E-state index in [1.807, 2.05) is 27.7 Å². The van der Waals surface area contributed by atoms with Crippen LogP contribution < -0.4 is 4.90 Å². The minimum absolute atomic E-state index is 0.191. The molecular formula is C18H21NO4S. The maximum absolute atomic E-state index is 12.9. The number of esters is 1. The lowest BCUT2D eigenvalue weighted by atomic mass is 9.78. The fourth-order valence-corrected chi connectivity index (χ4v) is 4.72. The van der Waals surface area contributed by atoms with Gasteiger partial charge in [0.25, 0.3) is 0 Å². The Hall–Kier alpha value is -1.95. The van der Waals surface area contributed by atoms with Gasteiger partial charge in [0, 0.05) is 4.88 Å². The van der Waals surface area contributed by atoms with Crippen molar-refractivity contribution in [2.24, 2.45) is 11.8 Å². The number of thiophene rings is 1. The zero-order valence-corrected chi connectivity index (χ0v) is 15.4. The first-order chi connectivity index (χ1) is 11.3. The number of carbonyl (C=O) groups excluding carboxylic acids is 3. The fraction of sp³-hybridized carbons (Fsp3) is 0.500. The Kier molecular flexibility index (Phi) is 4.11. The highest BCUT2D eigenvalue weighted by molar-refractivity contribution is 7.17. The molecule has 128 valence electrons. The van der Waals surface area contributed by atoms with Crippen molar-refractivity contribution in [1.29, 1.82) is 0 Å². The van der Waals surface area contributed by atoms with Gasteiger partial charge in [-0.25, -0.2) is 9.69 Å². The summed E-state index contributed by atoms with van der Waals surface area (Å²) in [5.41, 5.74) is 3.47. The number of carbonyl (C=O) groups is 3. The number of nitrogens with zero attached hydrogens (tertiary/aromatic N) is 1. The van der Waals surface area contributed by atoms with E-state index >= 15 is 0 Å². The van der Waals surface area contributed by atoms with Gasteiger partial charge in [-0.15, -0.1) is 11.3 Å². The van der Waals surface area contributed by atoms with E-state index in [2.05, 4.69) is 0 Å². The number of methoxy groups -OCH3 is 1. The number of allylic oxidation sites excluding steroid dienone is 2. The average molecular weight is 347 g/mol. The molecule has 0 spiro atoms. The van der Waals surface area contributed by atoms with Gasteiger partial charge in [0.2, 0.25) is 11.8 Å². The average Bonchev–Trinajstić information content (AvgIpc) is 2.95. The van der Waals surface area contributed by atoms with Crippen LogP contribution in [0.25, 0.3) is 0 Å². The zero-order chi connectivity index (χ0) is 17.8. The number of rotatable bonds is 2. The molecule has 0 radical (unpaired) electrons. The number of ether oxygens (including phenoxy) is 1. The van der Waals surface area contributed by atoms with Crippen LogP contribution in [0.15, 0.2) is 11.1 Å². The van der Waals surface area contributed by atoms with Crippen molar-refractivity contribution in [1.82, 2.24) is 0 Å². The van der Waals surface area contributed by atoms with Crippen molar-refractivity contribution in [2.75, 3.05) is 12.0 Å². The second-order valence-electron chi connectivity index (χ2n) is 6.65. The Morgan fingerprint density at radius 1 is 1.04 bits per heavy atom. The molecule has 1 aromatic rings. The summed E-state index contributed by atoms with van der Waals surface area (Å²) >= 11 is 1.31. The van der Waals surface area contributed by atoms with E-state index in [-0.39, 0.29) is 23.7 Å². The molecule has 5 nitrogen and oxygen atoms in total. The highest BCUT2D eigenvalue weighted by Crippen LogP contribution is 2.45. The van der Waals surface area contributed by atoms with Crippen LogP contribution in [0.2, 0.25) is 0 Å². The summed E-state index contributed by atoms with van der Waals surface area (Å²) < 4.78 is 4.86. The standard InChI is InChI=1S/C18H21NO4S/c1-8-6-12-13(7-9(8)2)16(21)19(15(12)20)17-14(18(22)23-5)10(3)11(4)24-17/h12-13H,6-7H2,1-5H3/t12-,13-/m1/s1. The molecule has 1 fully saturated rings. The van der Waals surface area contributed by atoms with E-state index in [0.717, 1.165) is 10.4 Å². The maximum Gasteiger partial charge on any atom is 0.341 e. The maximum atomic E-state index is 12.9. The number of fused-ring (bicyclic) bond motifs is 1. The van der Waals surface area contributed by atoms with Gasteiger partial charge >= 0.3 is 5.97 Å². The number of hydrogen-bond acceptors (Lipinski definition) is 5. The Morgan fingerprint density at radius 3 is 2.00 bits per heavy atom. The van der Waals surface area contributed by atoms with Crippen molar-refractivity contribution >= 4 is 34.1 Å². The molecule has 3 rings (SSSR count). The molecule has 2 heterocycles. The SMILES string of the molecule is COC(=O)c1c(N2C(=O)[C@@H]3CC(C)=C(C)C[C@H]3C2=O)sc(C)c1C. The highest BCUT2D eigenvalue weighted by atomic mass is 32.1. The van der Waals surface area contributed by atoms with E-state index in [9.17, 15) is 14.4 Å². The largest absolute Gasteiger partial charge is 0.465 e. The summed E-state index contributed by atoms with van der Waals surface area (Å²) in [7, 11) is 1.31. The Labute approximate surface area is 145 Å². The van der Waals surface area contributed by atoms with Gasteiger partial charge in [0.15, 0.2) is 0 Å². The van der Waals surface area contributed by atoms with Crippen molar-refractivity contribution in [3.8, 4) is 0 Å². The lowest BCUT2D eigenvalue weighted by molar-refractivity contribution is -0.122. The Bertz CT molecular complexity index is 757. The second kappa shape index (κ2) is 5.84. The van der Waals surface area contributed by atoms with Crippen molar-refractivity contribution in [3.63, 3.8) is 0 Å². The molecule has 0 saturated carbocycles. The van der Waals surface area contributed by atoms with Crippen LogP contribution in [-0.4, -0.2) is 24.9 Å². The molecule has 6 heteroatoms. The fourth-order valence-electron chi connectivity index (χ4n) is 3.56. The number of aryl methyl sites for hydroxylation is 1. The van der Waals surface area contributed by atoms with Crippen LogP contribution in [-0.2, 0) is 14.3 Å². The van der Waals surface area contributed by atoms with Gasteiger partial charge in [-0.2, -0.15) is 0 Å². The van der Waals surface area contributed by atoms with Gasteiger partial charge in [0.1, 0.15) is 5.00 Å². The third-order valence-electron chi connectivity index (χ3n) is 5.30. The molecule has 24 heavy (non-hydrogen) atoms. The molecule has 0 N–H and O–H groups in total. The second-order valence-corrected chi connectivity index (χ2v) is 7.85. The van der Waals surface area contributed by atoms with Crippen molar-refractivity contribution in [2.45, 2.75) is 40.5 Å². The van der Waals surface area contributed by atoms with Crippen LogP contribution >= 0.6 is 11.3 Å². The molecular weight excluding hydrogens is 326 g/mol. The topological polar surface area (TPSA) is 63.7 Å². The van der Waals surface area contributed by atoms with E-state index in [1.165, 1.54) is 34.5 Å². The van der Waals surface area contributed by atoms with Crippen molar-refractivity contribution < 1.29 is 19.1 Å². The highest BCUT2D eigenvalue weighted by Gasteiger charge is 2.51. The number of hydrogen-bond donors (Lipinski definition) is 0. The number of amides is 2. The molecule has 0 unspecified atom stereocenters. The normalized spacial score (nSPS) is 23.8. The predicted molar refractivity (Wildman–Crippen MR) is 92.2 cm³/mol. The molecule has 1 saturated heterocycles. The minimum atomic E-state index is -0.507. The molecule has 0 bridgehead atoms. The van der Waals surface area contributed by atoms with Crippen LogP contribution in [0.3, 0.4) is 0 Å². The molecule has 1 aliphatic carbocycles. The summed E-state index contributed by atoms with van der Waals surface area (Å²) in [6, 6.07) is 0. The van der Waals surface area contributed by atoms with Crippen LogP contribution in [0, 0.1) is 25.7 Å². The molecule has 1 aromatic heterocycles. The van der Waals surface area contributed by atoms with Crippen LogP contribution in [0.5, 0.6) is 0 Å². The third kappa shape index (κ3) is 2.32. The monoisotopic (exact) mass is 347 g/mol. The Morgan fingerprint density at radius 2 is 1.54 bits per heavy atom. The smallest absolute Gasteiger partial charge is 0.341 e. The first kappa shape index (κ1) is 16.9. The summed E-state index contributed by atoms with van der Waals surface area (Å²) in [6.07, 6.45) is 1.24. The van der Waals surface area contributed by atoms with Crippen molar-refractivity contribution in [3.05, 3.63) is 27.2 Å². The number of imide groups is 1. The molecule has 1 aliphatic heterocycles. The lowest BCUT2D eigenvalue weighted by Gasteiger charge is -2.23. The summed E-state index contributed by atoms with van der Waals surface area (Å²) in [5.74, 6) is -1.51. The van der Waals surface area contributed by atoms with E-state index in [4.69, 9.17) is 4.74 Å². The molecule has 2 aliphatic rings. The predicted octanol–water partition coefficient (Wildman–Crippen LogP) is 3.39. The van der Waals surface area contributed by atoms with Crippen LogP contribution in [0.4, 0.5) is 5.00 Å². The summed E-state index contributed by atoms with van der Waals surface area (Å²) in [4.78, 5) is 40.2.